The molecule has 0 spiro atoms. The van der Waals surface area contributed by atoms with Gasteiger partial charge in [0.15, 0.2) is 0 Å². The number of halogens is 1. The SMILES string of the molecule is Cc1ccc(-n2cnc3c4ccc(CC(=O)OC(C)c5ccc(F)cn5)cc4ccc32)cc1. The Labute approximate surface area is 190 Å². The minimum atomic E-state index is -0.552. The third kappa shape index (κ3) is 4.20. The second-order valence-electron chi connectivity index (χ2n) is 8.15. The molecular formula is C27H22FN3O2. The maximum Gasteiger partial charge on any atom is 0.310 e. The first-order valence-electron chi connectivity index (χ1n) is 10.7. The Kier molecular flexibility index (Phi) is 5.34. The van der Waals surface area contributed by atoms with Crippen LogP contribution in [0.4, 0.5) is 4.39 Å². The van der Waals surface area contributed by atoms with Crippen molar-refractivity contribution in [3.63, 3.8) is 0 Å². The van der Waals surface area contributed by atoms with Gasteiger partial charge < -0.3 is 4.74 Å². The summed E-state index contributed by atoms with van der Waals surface area (Å²) in [6.45, 7) is 3.79. The van der Waals surface area contributed by atoms with E-state index in [-0.39, 0.29) is 12.4 Å². The summed E-state index contributed by atoms with van der Waals surface area (Å²) in [7, 11) is 0. The minimum Gasteiger partial charge on any atom is -0.456 e. The number of ether oxygens (including phenoxy) is 1. The average molecular weight is 439 g/mol. The fraction of sp³-hybridized carbons (Fsp3) is 0.148. The van der Waals surface area contributed by atoms with Crippen LogP contribution >= 0.6 is 0 Å². The number of benzene rings is 3. The van der Waals surface area contributed by atoms with Gasteiger partial charge in [-0.15, -0.1) is 0 Å². The number of fused-ring (bicyclic) bond motifs is 3. The lowest BCUT2D eigenvalue weighted by atomic mass is 10.0. The first kappa shape index (κ1) is 20.8. The van der Waals surface area contributed by atoms with Crippen LogP contribution in [0.1, 0.15) is 29.8 Å². The molecule has 5 aromatic rings. The maximum atomic E-state index is 13.1. The zero-order valence-corrected chi connectivity index (χ0v) is 18.3. The largest absolute Gasteiger partial charge is 0.456 e. The van der Waals surface area contributed by atoms with Crippen LogP contribution in [-0.4, -0.2) is 20.5 Å². The van der Waals surface area contributed by atoms with E-state index in [0.717, 1.165) is 39.3 Å². The van der Waals surface area contributed by atoms with E-state index in [1.165, 1.54) is 17.7 Å². The number of aryl methyl sites for hydroxylation is 1. The fourth-order valence-electron chi connectivity index (χ4n) is 3.97. The quantitative estimate of drug-likeness (QED) is 0.322. The smallest absolute Gasteiger partial charge is 0.310 e. The van der Waals surface area contributed by atoms with E-state index in [2.05, 4.69) is 51.8 Å². The molecule has 6 heteroatoms. The molecule has 0 saturated carbocycles. The number of hydrogen-bond donors (Lipinski definition) is 0. The lowest BCUT2D eigenvalue weighted by molar-refractivity contribution is -0.147. The van der Waals surface area contributed by atoms with Gasteiger partial charge >= 0.3 is 5.97 Å². The van der Waals surface area contributed by atoms with E-state index in [1.807, 2.05) is 30.6 Å². The predicted molar refractivity (Wildman–Crippen MR) is 126 cm³/mol. The highest BCUT2D eigenvalue weighted by Gasteiger charge is 2.15. The highest BCUT2D eigenvalue weighted by molar-refractivity contribution is 6.05. The van der Waals surface area contributed by atoms with Gasteiger partial charge in [-0.3, -0.25) is 14.3 Å². The third-order valence-corrected chi connectivity index (χ3v) is 5.73. The fourth-order valence-corrected chi connectivity index (χ4v) is 3.97. The summed E-state index contributed by atoms with van der Waals surface area (Å²) in [5, 5.41) is 2.04. The Bertz CT molecular complexity index is 1460. The molecule has 2 heterocycles. The zero-order chi connectivity index (χ0) is 22.9. The molecule has 0 fully saturated rings. The lowest BCUT2D eigenvalue weighted by Gasteiger charge is -2.13. The minimum absolute atomic E-state index is 0.136. The van der Waals surface area contributed by atoms with Crippen molar-refractivity contribution in [2.45, 2.75) is 26.4 Å². The van der Waals surface area contributed by atoms with Gasteiger partial charge in [0, 0.05) is 11.1 Å². The first-order valence-corrected chi connectivity index (χ1v) is 10.7. The van der Waals surface area contributed by atoms with Crippen LogP contribution in [0.25, 0.3) is 27.5 Å². The summed E-state index contributed by atoms with van der Waals surface area (Å²) in [6.07, 6.45) is 2.54. The van der Waals surface area contributed by atoms with Gasteiger partial charge in [-0.2, -0.15) is 0 Å². The van der Waals surface area contributed by atoms with Crippen LogP contribution < -0.4 is 0 Å². The number of hydrogen-bond acceptors (Lipinski definition) is 4. The van der Waals surface area contributed by atoms with Gasteiger partial charge in [-0.05, 0) is 55.1 Å². The molecule has 5 nitrogen and oxygen atoms in total. The van der Waals surface area contributed by atoms with Gasteiger partial charge in [0.05, 0.1) is 29.3 Å². The number of rotatable bonds is 5. The molecule has 0 N–H and O–H groups in total. The summed E-state index contributed by atoms with van der Waals surface area (Å²) in [5.74, 6) is -0.788. The van der Waals surface area contributed by atoms with Crippen LogP contribution in [0.2, 0.25) is 0 Å². The van der Waals surface area contributed by atoms with E-state index in [9.17, 15) is 9.18 Å². The number of aromatic nitrogens is 3. The standard InChI is InChI=1S/C27H22FN3O2/c1-17-3-8-22(9-4-17)31-16-30-27-23-10-5-19(13-20(23)6-12-25(27)31)14-26(32)33-18(2)24-11-7-21(28)15-29-24/h3-13,15-16,18H,14H2,1-2H3. The van der Waals surface area contributed by atoms with Crippen molar-refractivity contribution in [2.24, 2.45) is 0 Å². The lowest BCUT2D eigenvalue weighted by Crippen LogP contribution is -2.12. The monoisotopic (exact) mass is 439 g/mol. The van der Waals surface area contributed by atoms with Crippen molar-refractivity contribution in [3.8, 4) is 5.69 Å². The Balaban J connectivity index is 1.37. The molecule has 0 saturated heterocycles. The van der Waals surface area contributed by atoms with Gasteiger partial charge in [0.1, 0.15) is 18.2 Å². The van der Waals surface area contributed by atoms with E-state index >= 15 is 0 Å². The predicted octanol–water partition coefficient (Wildman–Crippen LogP) is 5.87. The average Bonchev–Trinajstić information content (AvgIpc) is 3.24. The summed E-state index contributed by atoms with van der Waals surface area (Å²) in [4.78, 5) is 21.1. The number of esters is 1. The zero-order valence-electron chi connectivity index (χ0n) is 18.3. The molecule has 0 aliphatic rings. The van der Waals surface area contributed by atoms with Crippen LogP contribution in [-0.2, 0) is 16.0 Å². The summed E-state index contributed by atoms with van der Waals surface area (Å²) < 4.78 is 20.6. The van der Waals surface area contributed by atoms with Crippen LogP contribution in [0.3, 0.4) is 0 Å². The third-order valence-electron chi connectivity index (χ3n) is 5.73. The van der Waals surface area contributed by atoms with Crippen molar-refractivity contribution in [1.82, 2.24) is 14.5 Å². The normalized spacial score (nSPS) is 12.2. The first-order chi connectivity index (χ1) is 16.0. The van der Waals surface area contributed by atoms with Gasteiger partial charge in [0.25, 0.3) is 0 Å². The Morgan fingerprint density at radius 3 is 2.61 bits per heavy atom. The van der Waals surface area contributed by atoms with Crippen LogP contribution in [0.15, 0.2) is 79.3 Å². The molecule has 33 heavy (non-hydrogen) atoms. The molecule has 3 aromatic carbocycles. The molecule has 0 aliphatic heterocycles. The van der Waals surface area contributed by atoms with Crippen molar-refractivity contribution >= 4 is 27.8 Å². The van der Waals surface area contributed by atoms with E-state index in [1.54, 1.807) is 6.92 Å². The maximum absolute atomic E-state index is 13.1. The highest BCUT2D eigenvalue weighted by Crippen LogP contribution is 2.27. The summed E-state index contributed by atoms with van der Waals surface area (Å²) in [6, 6.07) is 21.2. The van der Waals surface area contributed by atoms with Crippen molar-refractivity contribution in [3.05, 3.63) is 102 Å². The second kappa shape index (κ2) is 8.47. The molecule has 0 aliphatic carbocycles. The molecule has 0 radical (unpaired) electrons. The molecular weight excluding hydrogens is 417 g/mol. The molecule has 1 unspecified atom stereocenters. The van der Waals surface area contributed by atoms with Crippen molar-refractivity contribution < 1.29 is 13.9 Å². The number of nitrogens with zero attached hydrogens (tertiary/aromatic N) is 3. The van der Waals surface area contributed by atoms with Crippen molar-refractivity contribution in [2.75, 3.05) is 0 Å². The highest BCUT2D eigenvalue weighted by atomic mass is 19.1. The number of imidazole rings is 1. The summed E-state index contributed by atoms with van der Waals surface area (Å²) >= 11 is 0. The summed E-state index contributed by atoms with van der Waals surface area (Å²) in [5.41, 5.74) is 5.57. The Morgan fingerprint density at radius 1 is 1.03 bits per heavy atom. The molecule has 0 bridgehead atoms. The number of carbonyl (C=O) groups excluding carboxylic acids is 1. The number of carbonyl (C=O) groups is 1. The molecule has 5 rings (SSSR count). The van der Waals surface area contributed by atoms with E-state index in [0.29, 0.717) is 5.69 Å². The van der Waals surface area contributed by atoms with Crippen molar-refractivity contribution in [1.29, 1.82) is 0 Å². The van der Waals surface area contributed by atoms with Gasteiger partial charge in [-0.25, -0.2) is 9.37 Å². The molecule has 0 amide bonds. The molecule has 164 valence electrons. The van der Waals surface area contributed by atoms with Crippen LogP contribution in [0, 0.1) is 12.7 Å². The Hall–Kier alpha value is -4.06. The van der Waals surface area contributed by atoms with Crippen LogP contribution in [0.5, 0.6) is 0 Å². The Morgan fingerprint density at radius 2 is 1.85 bits per heavy atom. The van der Waals surface area contributed by atoms with Gasteiger partial charge in [-0.1, -0.05) is 42.0 Å². The molecule has 1 atom stereocenters. The van der Waals surface area contributed by atoms with Gasteiger partial charge in [0.2, 0.25) is 0 Å². The number of pyridine rings is 1. The van der Waals surface area contributed by atoms with E-state index in [4.69, 9.17) is 4.74 Å². The van der Waals surface area contributed by atoms with E-state index < -0.39 is 11.9 Å². The topological polar surface area (TPSA) is 57.0 Å². The molecule has 2 aromatic heterocycles. The second-order valence-corrected chi connectivity index (χ2v) is 8.15.